The van der Waals surface area contributed by atoms with Crippen LogP contribution in [0.15, 0.2) is 24.3 Å². The van der Waals surface area contributed by atoms with Crippen LogP contribution in [0.1, 0.15) is 43.6 Å². The van der Waals surface area contributed by atoms with Crippen LogP contribution >= 0.6 is 0 Å². The summed E-state index contributed by atoms with van der Waals surface area (Å²) in [6.45, 7) is 10.3. The molecular formula is C17H29AlO3. The van der Waals surface area contributed by atoms with Crippen molar-refractivity contribution in [1.29, 1.82) is 0 Å². The fourth-order valence-electron chi connectivity index (χ4n) is 2.01. The van der Waals surface area contributed by atoms with Crippen molar-refractivity contribution in [2.45, 2.75) is 50.0 Å². The first-order chi connectivity index (χ1) is 10.1. The molecule has 4 heteroatoms. The molecule has 0 aliphatic carbocycles. The van der Waals surface area contributed by atoms with Gasteiger partial charge < -0.3 is 9.84 Å². The fourth-order valence-corrected chi connectivity index (χ4v) is 3.75. The summed E-state index contributed by atoms with van der Waals surface area (Å²) in [5.41, 5.74) is 1.42. The number of ether oxygens (including phenoxy) is 1. The van der Waals surface area contributed by atoms with Gasteiger partial charge in [-0.2, -0.15) is 0 Å². The topological polar surface area (TPSA) is 46.5 Å². The molecule has 3 nitrogen and oxygen atoms in total. The van der Waals surface area contributed by atoms with Crippen molar-refractivity contribution in [3.05, 3.63) is 35.4 Å². The van der Waals surface area contributed by atoms with Crippen LogP contribution in [0.5, 0.6) is 0 Å². The van der Waals surface area contributed by atoms with Gasteiger partial charge in [0.1, 0.15) is 0 Å². The van der Waals surface area contributed by atoms with Crippen LogP contribution in [0, 0.1) is 0 Å². The summed E-state index contributed by atoms with van der Waals surface area (Å²) in [6, 6.07) is 6.87. The average Bonchev–Trinajstić information content (AvgIpc) is 2.50. The SMILES string of the molecule is CCOCCc1ccc(C(=O)O)cc1.C[CH2][Al]([CH2]C)[CH2]C. The Morgan fingerprint density at radius 2 is 1.57 bits per heavy atom. The number of hydrogen-bond acceptors (Lipinski definition) is 2. The minimum Gasteiger partial charge on any atom is -0.478 e. The van der Waals surface area contributed by atoms with Crippen LogP contribution < -0.4 is 0 Å². The van der Waals surface area contributed by atoms with Crippen molar-refractivity contribution in [3.63, 3.8) is 0 Å². The van der Waals surface area contributed by atoms with Crippen molar-refractivity contribution in [1.82, 2.24) is 0 Å². The standard InChI is InChI=1S/C11H14O3.3C2H5.Al/c1-2-14-8-7-9-3-5-10(6-4-9)11(12)13;3*1-2;/h3-6H,2,7-8H2,1H3,(H,12,13);3*1H2,2H3;. The van der Waals surface area contributed by atoms with E-state index in [1.807, 2.05) is 19.1 Å². The second-order valence-electron chi connectivity index (χ2n) is 5.04. The predicted octanol–water partition coefficient (Wildman–Crippen LogP) is 4.50. The Morgan fingerprint density at radius 3 is 1.90 bits per heavy atom. The molecule has 0 aliphatic heterocycles. The van der Waals surface area contributed by atoms with Crippen LogP contribution in [-0.4, -0.2) is 38.4 Å². The van der Waals surface area contributed by atoms with Gasteiger partial charge in [-0.1, -0.05) is 48.8 Å². The molecule has 21 heavy (non-hydrogen) atoms. The minimum atomic E-state index is -0.888. The molecule has 1 aromatic rings. The van der Waals surface area contributed by atoms with E-state index in [0.29, 0.717) is 18.8 Å². The maximum absolute atomic E-state index is 10.5. The molecule has 1 aromatic carbocycles. The third-order valence-electron chi connectivity index (χ3n) is 3.67. The van der Waals surface area contributed by atoms with Gasteiger partial charge in [0.25, 0.3) is 14.1 Å². The quantitative estimate of drug-likeness (QED) is 0.568. The van der Waals surface area contributed by atoms with E-state index in [-0.39, 0.29) is 14.1 Å². The van der Waals surface area contributed by atoms with Crippen molar-refractivity contribution >= 4 is 20.1 Å². The van der Waals surface area contributed by atoms with E-state index >= 15 is 0 Å². The maximum atomic E-state index is 10.5. The van der Waals surface area contributed by atoms with Gasteiger partial charge in [-0.05, 0) is 31.0 Å². The van der Waals surface area contributed by atoms with Crippen LogP contribution in [0.4, 0.5) is 0 Å². The van der Waals surface area contributed by atoms with Gasteiger partial charge in [-0.3, -0.25) is 0 Å². The van der Waals surface area contributed by atoms with E-state index < -0.39 is 5.97 Å². The van der Waals surface area contributed by atoms with Gasteiger partial charge in [0.15, 0.2) is 0 Å². The number of benzene rings is 1. The third-order valence-corrected chi connectivity index (χ3v) is 7.14. The molecule has 0 radical (unpaired) electrons. The van der Waals surface area contributed by atoms with E-state index in [4.69, 9.17) is 9.84 Å². The number of carbonyl (C=O) groups is 1. The molecule has 0 spiro atoms. The number of hydrogen-bond donors (Lipinski definition) is 1. The number of carboxylic acids is 1. The molecule has 0 fully saturated rings. The highest BCUT2D eigenvalue weighted by molar-refractivity contribution is 6.58. The van der Waals surface area contributed by atoms with Crippen molar-refractivity contribution in [2.24, 2.45) is 0 Å². The second-order valence-corrected chi connectivity index (χ2v) is 9.22. The summed E-state index contributed by atoms with van der Waals surface area (Å²) < 4.78 is 5.20. The lowest BCUT2D eigenvalue weighted by Gasteiger charge is -2.02. The average molecular weight is 308 g/mol. The Morgan fingerprint density at radius 1 is 1.05 bits per heavy atom. The summed E-state index contributed by atoms with van der Waals surface area (Å²) in [7, 11) is 0. The molecule has 1 rings (SSSR count). The number of aromatic carboxylic acids is 1. The Hall–Kier alpha value is -0.818. The molecule has 0 bridgehead atoms. The highest BCUT2D eigenvalue weighted by atomic mass is 27.2. The highest BCUT2D eigenvalue weighted by Gasteiger charge is 2.05. The van der Waals surface area contributed by atoms with Crippen LogP contribution in [-0.2, 0) is 11.2 Å². The zero-order chi connectivity index (χ0) is 16.1. The van der Waals surface area contributed by atoms with Gasteiger partial charge in [-0.25, -0.2) is 4.79 Å². The zero-order valence-electron chi connectivity index (χ0n) is 13.9. The largest absolute Gasteiger partial charge is 0.478 e. The molecule has 0 aromatic heterocycles. The first-order valence-corrected chi connectivity index (χ1v) is 10.4. The summed E-state index contributed by atoms with van der Waals surface area (Å²) in [5.74, 6) is -0.888. The Kier molecular flexibility index (Phi) is 12.4. The Labute approximate surface area is 133 Å². The fraction of sp³-hybridized carbons (Fsp3) is 0.588. The highest BCUT2D eigenvalue weighted by Crippen LogP contribution is 2.05. The molecule has 1 N–H and O–H groups in total. The molecule has 118 valence electrons. The Balaban J connectivity index is 0.000000486. The number of carboxylic acid groups (broad SMARTS) is 1. The predicted molar refractivity (Wildman–Crippen MR) is 90.8 cm³/mol. The first kappa shape index (κ1) is 20.2. The lowest BCUT2D eigenvalue weighted by Crippen LogP contribution is -2.04. The maximum Gasteiger partial charge on any atom is 0.335 e. The van der Waals surface area contributed by atoms with Gasteiger partial charge in [0.05, 0.1) is 12.2 Å². The summed E-state index contributed by atoms with van der Waals surface area (Å²) >= 11 is -0.171. The van der Waals surface area contributed by atoms with Crippen LogP contribution in [0.3, 0.4) is 0 Å². The Bertz CT molecular complexity index is 367. The normalized spacial score (nSPS) is 9.71. The molecule has 0 amide bonds. The molecule has 0 atom stereocenters. The summed E-state index contributed by atoms with van der Waals surface area (Å²) in [6.07, 6.45) is 0.827. The molecule has 0 aliphatic rings. The van der Waals surface area contributed by atoms with Crippen LogP contribution in [0.25, 0.3) is 0 Å². The van der Waals surface area contributed by atoms with Gasteiger partial charge in [0.2, 0.25) is 0 Å². The third kappa shape index (κ3) is 9.68. The molecular weight excluding hydrogens is 279 g/mol. The van der Waals surface area contributed by atoms with Gasteiger partial charge in [0, 0.05) is 6.61 Å². The van der Waals surface area contributed by atoms with Gasteiger partial charge in [-0.15, -0.1) is 0 Å². The molecule has 0 saturated heterocycles. The lowest BCUT2D eigenvalue weighted by molar-refractivity contribution is 0.0697. The van der Waals surface area contributed by atoms with Crippen molar-refractivity contribution < 1.29 is 14.6 Å². The van der Waals surface area contributed by atoms with Crippen molar-refractivity contribution in [3.8, 4) is 0 Å². The first-order valence-electron chi connectivity index (χ1n) is 7.98. The van der Waals surface area contributed by atoms with E-state index in [1.54, 1.807) is 12.1 Å². The van der Waals surface area contributed by atoms with E-state index in [9.17, 15) is 4.79 Å². The van der Waals surface area contributed by atoms with Crippen molar-refractivity contribution in [2.75, 3.05) is 13.2 Å². The van der Waals surface area contributed by atoms with Crippen LogP contribution in [0.2, 0.25) is 15.8 Å². The van der Waals surface area contributed by atoms with E-state index in [1.165, 1.54) is 15.8 Å². The summed E-state index contributed by atoms with van der Waals surface area (Å²) in [4.78, 5) is 10.5. The smallest absolute Gasteiger partial charge is 0.335 e. The summed E-state index contributed by atoms with van der Waals surface area (Å²) in [5, 5.41) is 13.1. The lowest BCUT2D eigenvalue weighted by atomic mass is 10.1. The molecule has 0 saturated carbocycles. The zero-order valence-corrected chi connectivity index (χ0v) is 15.0. The monoisotopic (exact) mass is 308 g/mol. The van der Waals surface area contributed by atoms with E-state index in [2.05, 4.69) is 20.8 Å². The molecule has 0 unspecified atom stereocenters. The minimum absolute atomic E-state index is 0.171. The second kappa shape index (κ2) is 12.9. The van der Waals surface area contributed by atoms with Gasteiger partial charge >= 0.3 is 5.97 Å². The molecule has 0 heterocycles. The number of rotatable bonds is 8. The van der Waals surface area contributed by atoms with E-state index in [0.717, 1.165) is 12.0 Å².